The third kappa shape index (κ3) is 4.46. The number of anilines is 1. The molecule has 0 fully saturated rings. The van der Waals surface area contributed by atoms with Crippen molar-refractivity contribution < 1.29 is 4.79 Å². The second-order valence-electron chi connectivity index (χ2n) is 6.29. The predicted octanol–water partition coefficient (Wildman–Crippen LogP) is 3.89. The van der Waals surface area contributed by atoms with Crippen molar-refractivity contribution >= 4 is 23.4 Å². The maximum absolute atomic E-state index is 12.5. The molecule has 6 heteroatoms. The van der Waals surface area contributed by atoms with E-state index in [0.717, 1.165) is 22.5 Å². The number of nitrogens with zero attached hydrogens (tertiary/aromatic N) is 2. The third-order valence-electron chi connectivity index (χ3n) is 4.11. The van der Waals surface area contributed by atoms with Gasteiger partial charge in [-0.3, -0.25) is 14.2 Å². The summed E-state index contributed by atoms with van der Waals surface area (Å²) < 4.78 is 1.53. The molecule has 0 radical (unpaired) electrons. The van der Waals surface area contributed by atoms with Gasteiger partial charge < -0.3 is 5.32 Å². The van der Waals surface area contributed by atoms with Gasteiger partial charge in [-0.2, -0.15) is 0 Å². The van der Waals surface area contributed by atoms with Crippen molar-refractivity contribution in [2.24, 2.45) is 0 Å². The van der Waals surface area contributed by atoms with Gasteiger partial charge in [0, 0.05) is 17.4 Å². The summed E-state index contributed by atoms with van der Waals surface area (Å²) in [6, 6.07) is 16.7. The highest BCUT2D eigenvalue weighted by atomic mass is 32.2. The van der Waals surface area contributed by atoms with Crippen molar-refractivity contribution in [3.8, 4) is 5.69 Å². The molecule has 1 aromatic heterocycles. The molecule has 3 aromatic rings. The molecule has 138 valence electrons. The molecule has 5 nitrogen and oxygen atoms in total. The van der Waals surface area contributed by atoms with E-state index in [1.807, 2.05) is 62.4 Å². The van der Waals surface area contributed by atoms with Gasteiger partial charge in [0.15, 0.2) is 5.16 Å². The SMILES string of the molecule is Cc1cc(=O)n(-c2ccccc2)c(SCC(=O)Nc2c(C)cccc2C)n1. The molecule has 2 aromatic carbocycles. The number of aryl methyl sites for hydroxylation is 3. The first-order valence-electron chi connectivity index (χ1n) is 8.60. The average Bonchev–Trinajstić information content (AvgIpc) is 2.63. The second kappa shape index (κ2) is 8.22. The van der Waals surface area contributed by atoms with Crippen LogP contribution in [0.5, 0.6) is 0 Å². The van der Waals surface area contributed by atoms with E-state index in [0.29, 0.717) is 10.9 Å². The fraction of sp³-hybridized carbons (Fsp3) is 0.190. The number of carbonyl (C=O) groups excluding carboxylic acids is 1. The van der Waals surface area contributed by atoms with Crippen LogP contribution < -0.4 is 10.9 Å². The van der Waals surface area contributed by atoms with Crippen molar-refractivity contribution in [1.82, 2.24) is 9.55 Å². The summed E-state index contributed by atoms with van der Waals surface area (Å²) in [4.78, 5) is 29.4. The fourth-order valence-electron chi connectivity index (χ4n) is 2.80. The molecule has 0 bridgehead atoms. The Morgan fingerprint density at radius 2 is 1.70 bits per heavy atom. The molecule has 0 aliphatic rings. The lowest BCUT2D eigenvalue weighted by Crippen LogP contribution is -2.22. The number of nitrogens with one attached hydrogen (secondary N) is 1. The van der Waals surface area contributed by atoms with Crippen LogP contribution in [0.3, 0.4) is 0 Å². The van der Waals surface area contributed by atoms with Crippen LogP contribution in [0.1, 0.15) is 16.8 Å². The summed E-state index contributed by atoms with van der Waals surface area (Å²) in [5.74, 6) is 0.0315. The molecule has 0 aliphatic heterocycles. The molecule has 1 amide bonds. The predicted molar refractivity (Wildman–Crippen MR) is 110 cm³/mol. The van der Waals surface area contributed by atoms with Crippen LogP contribution >= 0.6 is 11.8 Å². The number of hydrogen-bond donors (Lipinski definition) is 1. The van der Waals surface area contributed by atoms with Gasteiger partial charge in [-0.05, 0) is 44.0 Å². The highest BCUT2D eigenvalue weighted by Crippen LogP contribution is 2.22. The van der Waals surface area contributed by atoms with Crippen LogP contribution in [0.15, 0.2) is 64.5 Å². The van der Waals surface area contributed by atoms with Crippen molar-refractivity contribution in [1.29, 1.82) is 0 Å². The van der Waals surface area contributed by atoms with Crippen LogP contribution in [0, 0.1) is 20.8 Å². The highest BCUT2D eigenvalue weighted by Gasteiger charge is 2.13. The number of aromatic nitrogens is 2. The Morgan fingerprint density at radius 3 is 2.37 bits per heavy atom. The first-order valence-corrected chi connectivity index (χ1v) is 9.59. The highest BCUT2D eigenvalue weighted by molar-refractivity contribution is 7.99. The van der Waals surface area contributed by atoms with E-state index in [1.165, 1.54) is 22.4 Å². The van der Waals surface area contributed by atoms with Gasteiger partial charge in [-0.1, -0.05) is 48.2 Å². The summed E-state index contributed by atoms with van der Waals surface area (Å²) in [6.45, 7) is 5.70. The minimum atomic E-state index is -0.161. The van der Waals surface area contributed by atoms with E-state index < -0.39 is 0 Å². The molecule has 1 N–H and O–H groups in total. The Hall–Kier alpha value is -2.86. The first-order chi connectivity index (χ1) is 13.0. The standard InChI is InChI=1S/C21H21N3O2S/c1-14-8-7-9-15(2)20(14)23-18(25)13-27-21-22-16(3)12-19(26)24(21)17-10-5-4-6-11-17/h4-12H,13H2,1-3H3,(H,23,25). The van der Waals surface area contributed by atoms with Crippen molar-refractivity contribution in [2.75, 3.05) is 11.1 Å². The zero-order chi connectivity index (χ0) is 19.4. The van der Waals surface area contributed by atoms with E-state index >= 15 is 0 Å². The molecule has 0 spiro atoms. The van der Waals surface area contributed by atoms with Gasteiger partial charge in [0.1, 0.15) is 0 Å². The van der Waals surface area contributed by atoms with Crippen molar-refractivity contribution in [3.63, 3.8) is 0 Å². The molecule has 3 rings (SSSR count). The van der Waals surface area contributed by atoms with Gasteiger partial charge in [0.05, 0.1) is 11.4 Å². The Kier molecular flexibility index (Phi) is 5.76. The van der Waals surface area contributed by atoms with Gasteiger partial charge in [-0.15, -0.1) is 0 Å². The number of thioether (sulfide) groups is 1. The topological polar surface area (TPSA) is 64.0 Å². The van der Waals surface area contributed by atoms with Crippen LogP contribution in [-0.4, -0.2) is 21.2 Å². The Balaban J connectivity index is 1.82. The van der Waals surface area contributed by atoms with E-state index in [-0.39, 0.29) is 17.2 Å². The van der Waals surface area contributed by atoms with E-state index in [2.05, 4.69) is 10.3 Å². The van der Waals surface area contributed by atoms with Crippen LogP contribution in [0.2, 0.25) is 0 Å². The molecule has 0 atom stereocenters. The monoisotopic (exact) mass is 379 g/mol. The van der Waals surface area contributed by atoms with Crippen molar-refractivity contribution in [2.45, 2.75) is 25.9 Å². The van der Waals surface area contributed by atoms with Gasteiger partial charge in [0.25, 0.3) is 5.56 Å². The lowest BCUT2D eigenvalue weighted by molar-refractivity contribution is -0.113. The number of carbonyl (C=O) groups is 1. The number of benzene rings is 2. The van der Waals surface area contributed by atoms with Crippen LogP contribution in [0.25, 0.3) is 5.69 Å². The quantitative estimate of drug-likeness (QED) is 0.540. The third-order valence-corrected chi connectivity index (χ3v) is 5.05. The largest absolute Gasteiger partial charge is 0.325 e. The smallest absolute Gasteiger partial charge is 0.258 e. The summed E-state index contributed by atoms with van der Waals surface area (Å²) >= 11 is 1.25. The molecular weight excluding hydrogens is 358 g/mol. The molecule has 0 aliphatic carbocycles. The zero-order valence-electron chi connectivity index (χ0n) is 15.5. The fourth-order valence-corrected chi connectivity index (χ4v) is 3.66. The van der Waals surface area contributed by atoms with Crippen molar-refractivity contribution in [3.05, 3.63) is 81.8 Å². The molecule has 0 saturated heterocycles. The zero-order valence-corrected chi connectivity index (χ0v) is 16.3. The van der Waals surface area contributed by atoms with E-state index in [1.54, 1.807) is 6.92 Å². The maximum atomic E-state index is 12.5. The van der Waals surface area contributed by atoms with E-state index in [4.69, 9.17) is 0 Å². The molecular formula is C21H21N3O2S. The summed E-state index contributed by atoms with van der Waals surface area (Å²) in [5.41, 5.74) is 4.07. The molecule has 0 unspecified atom stereocenters. The van der Waals surface area contributed by atoms with E-state index in [9.17, 15) is 9.59 Å². The molecule has 27 heavy (non-hydrogen) atoms. The maximum Gasteiger partial charge on any atom is 0.258 e. The Morgan fingerprint density at radius 1 is 1.04 bits per heavy atom. The van der Waals surface area contributed by atoms with Gasteiger partial charge in [0.2, 0.25) is 5.91 Å². The Bertz CT molecular complexity index is 1010. The van der Waals surface area contributed by atoms with Gasteiger partial charge in [-0.25, -0.2) is 4.98 Å². The summed E-state index contributed by atoms with van der Waals surface area (Å²) in [7, 11) is 0. The second-order valence-corrected chi connectivity index (χ2v) is 7.24. The van der Waals surface area contributed by atoms with Crippen LogP contribution in [0.4, 0.5) is 5.69 Å². The number of amides is 1. The average molecular weight is 379 g/mol. The summed E-state index contributed by atoms with van der Waals surface area (Å²) in [6.07, 6.45) is 0. The lowest BCUT2D eigenvalue weighted by atomic mass is 10.1. The number of para-hydroxylation sites is 2. The number of rotatable bonds is 5. The van der Waals surface area contributed by atoms with Gasteiger partial charge >= 0.3 is 0 Å². The normalized spacial score (nSPS) is 10.6. The Labute approximate surface area is 162 Å². The minimum Gasteiger partial charge on any atom is -0.325 e. The number of hydrogen-bond acceptors (Lipinski definition) is 4. The van der Waals surface area contributed by atoms with Crippen LogP contribution in [-0.2, 0) is 4.79 Å². The summed E-state index contributed by atoms with van der Waals surface area (Å²) in [5, 5.41) is 3.46. The molecule has 1 heterocycles. The molecule has 0 saturated carbocycles. The first kappa shape index (κ1) is 18.9. The lowest BCUT2D eigenvalue weighted by Gasteiger charge is -2.13. The minimum absolute atomic E-state index is 0.132.